The second-order valence-electron chi connectivity index (χ2n) is 3.27. The molecule has 0 fully saturated rings. The Morgan fingerprint density at radius 3 is 2.88 bits per heavy atom. The van der Waals surface area contributed by atoms with E-state index >= 15 is 0 Å². The van der Waals surface area contributed by atoms with Gasteiger partial charge in [-0.25, -0.2) is 4.68 Å². The second-order valence-corrected chi connectivity index (χ2v) is 3.27. The van der Waals surface area contributed by atoms with Crippen LogP contribution < -0.4 is 10.6 Å². The van der Waals surface area contributed by atoms with Crippen LogP contribution >= 0.6 is 12.4 Å². The summed E-state index contributed by atoms with van der Waals surface area (Å²) in [5.41, 5.74) is 0. The molecule has 0 unspecified atom stereocenters. The number of amides is 1. The third-order valence-electron chi connectivity index (χ3n) is 1.86. The zero-order valence-electron chi connectivity index (χ0n) is 9.38. The quantitative estimate of drug-likeness (QED) is 0.689. The van der Waals surface area contributed by atoms with E-state index in [4.69, 9.17) is 0 Å². The Bertz CT molecular complexity index is 291. The van der Waals surface area contributed by atoms with Gasteiger partial charge in [0.15, 0.2) is 0 Å². The van der Waals surface area contributed by atoms with Gasteiger partial charge in [0.2, 0.25) is 5.91 Å². The number of hydrogen-bond acceptors (Lipinski definition) is 5. The van der Waals surface area contributed by atoms with Crippen molar-refractivity contribution in [3.05, 3.63) is 6.33 Å². The Balaban J connectivity index is 0.00000225. The Labute approximate surface area is 100 Å². The number of likely N-dealkylation sites (N-methyl/N-ethyl adjacent to an activating group) is 1. The highest BCUT2D eigenvalue weighted by Crippen LogP contribution is 1.81. The number of aromatic nitrogens is 4. The molecule has 8 heteroatoms. The number of hydrogen-bond donors (Lipinski definition) is 2. The Hall–Kier alpha value is -1.21. The van der Waals surface area contributed by atoms with E-state index in [0.717, 1.165) is 6.54 Å². The minimum Gasteiger partial charge on any atom is -0.353 e. The van der Waals surface area contributed by atoms with Gasteiger partial charge in [0.25, 0.3) is 0 Å². The lowest BCUT2D eigenvalue weighted by Crippen LogP contribution is -2.40. The Morgan fingerprint density at radius 1 is 1.56 bits per heavy atom. The first-order valence-electron chi connectivity index (χ1n) is 4.93. The van der Waals surface area contributed by atoms with Gasteiger partial charge in [0, 0.05) is 12.6 Å². The summed E-state index contributed by atoms with van der Waals surface area (Å²) in [5, 5.41) is 16.5. The topological polar surface area (TPSA) is 84.7 Å². The largest absolute Gasteiger partial charge is 0.353 e. The molecule has 1 heterocycles. The van der Waals surface area contributed by atoms with Crippen LogP contribution in [0.3, 0.4) is 0 Å². The molecular formula is C8H17ClN6O. The lowest BCUT2D eigenvalue weighted by atomic mass is 10.3. The van der Waals surface area contributed by atoms with E-state index in [1.165, 1.54) is 11.0 Å². The Kier molecular flexibility index (Phi) is 7.40. The van der Waals surface area contributed by atoms with E-state index in [-0.39, 0.29) is 30.9 Å². The summed E-state index contributed by atoms with van der Waals surface area (Å²) < 4.78 is 1.38. The molecule has 0 aliphatic rings. The summed E-state index contributed by atoms with van der Waals surface area (Å²) >= 11 is 0. The molecule has 1 amide bonds. The van der Waals surface area contributed by atoms with Crippen LogP contribution in [0.4, 0.5) is 0 Å². The van der Waals surface area contributed by atoms with Crippen molar-refractivity contribution in [2.45, 2.75) is 26.4 Å². The number of nitrogens with one attached hydrogen (secondary N) is 2. The van der Waals surface area contributed by atoms with E-state index in [2.05, 4.69) is 26.2 Å². The molecule has 0 saturated heterocycles. The van der Waals surface area contributed by atoms with E-state index in [1.807, 2.05) is 13.8 Å². The fourth-order valence-electron chi connectivity index (χ4n) is 1.14. The van der Waals surface area contributed by atoms with Crippen LogP contribution in [0.1, 0.15) is 13.8 Å². The molecule has 0 aliphatic heterocycles. The molecule has 0 saturated carbocycles. The van der Waals surface area contributed by atoms with Crippen molar-refractivity contribution in [1.29, 1.82) is 0 Å². The third kappa shape index (κ3) is 5.62. The zero-order valence-corrected chi connectivity index (χ0v) is 10.2. The van der Waals surface area contributed by atoms with E-state index in [9.17, 15) is 4.79 Å². The van der Waals surface area contributed by atoms with Crippen molar-refractivity contribution in [1.82, 2.24) is 30.8 Å². The standard InChI is InChI=1S/C8H16N6O.ClH/c1-3-9-7(2)4-10-8(15)5-14-6-11-12-13-14;/h6-7,9H,3-5H2,1-2H3,(H,10,15);1H/t7-;/m1./s1. The highest BCUT2D eigenvalue weighted by atomic mass is 35.5. The number of carbonyl (C=O) groups excluding carboxylic acids is 1. The van der Waals surface area contributed by atoms with Crippen LogP contribution in [0, 0.1) is 0 Å². The summed E-state index contributed by atoms with van der Waals surface area (Å²) in [6, 6.07) is 0.271. The van der Waals surface area contributed by atoms with E-state index < -0.39 is 0 Å². The second kappa shape index (κ2) is 8.00. The van der Waals surface area contributed by atoms with Crippen LogP contribution in [0.25, 0.3) is 0 Å². The maximum Gasteiger partial charge on any atom is 0.241 e. The van der Waals surface area contributed by atoms with Crippen LogP contribution in [-0.2, 0) is 11.3 Å². The SMILES string of the molecule is CCN[C@H](C)CNC(=O)Cn1cnnn1.Cl. The first-order chi connectivity index (χ1) is 7.22. The van der Waals surface area contributed by atoms with Crippen molar-refractivity contribution in [3.8, 4) is 0 Å². The average molecular weight is 249 g/mol. The lowest BCUT2D eigenvalue weighted by molar-refractivity contribution is -0.121. The monoisotopic (exact) mass is 248 g/mol. The third-order valence-corrected chi connectivity index (χ3v) is 1.86. The highest BCUT2D eigenvalue weighted by Gasteiger charge is 2.05. The van der Waals surface area contributed by atoms with Gasteiger partial charge in [-0.1, -0.05) is 6.92 Å². The molecule has 0 aliphatic carbocycles. The molecule has 1 atom stereocenters. The molecular weight excluding hydrogens is 232 g/mol. The summed E-state index contributed by atoms with van der Waals surface area (Å²) in [4.78, 5) is 11.4. The van der Waals surface area contributed by atoms with Crippen LogP contribution in [-0.4, -0.2) is 45.2 Å². The number of carbonyl (C=O) groups is 1. The predicted molar refractivity (Wildman–Crippen MR) is 61.2 cm³/mol. The first kappa shape index (κ1) is 14.8. The van der Waals surface area contributed by atoms with E-state index in [0.29, 0.717) is 6.54 Å². The fourth-order valence-corrected chi connectivity index (χ4v) is 1.14. The van der Waals surface area contributed by atoms with Crippen molar-refractivity contribution >= 4 is 18.3 Å². The summed E-state index contributed by atoms with van der Waals surface area (Å²) in [7, 11) is 0. The van der Waals surface area contributed by atoms with Gasteiger partial charge in [0.1, 0.15) is 12.9 Å². The summed E-state index contributed by atoms with van der Waals surface area (Å²) in [6.45, 7) is 5.70. The molecule has 1 aromatic heterocycles. The van der Waals surface area contributed by atoms with Gasteiger partial charge in [-0.15, -0.1) is 17.5 Å². The molecule has 1 aromatic rings. The van der Waals surface area contributed by atoms with Crippen molar-refractivity contribution in [3.63, 3.8) is 0 Å². The molecule has 0 radical (unpaired) electrons. The average Bonchev–Trinajstić information content (AvgIpc) is 2.68. The van der Waals surface area contributed by atoms with Gasteiger partial charge < -0.3 is 10.6 Å². The summed E-state index contributed by atoms with van der Waals surface area (Å²) in [6.07, 6.45) is 1.41. The minimum atomic E-state index is -0.0907. The van der Waals surface area contributed by atoms with Crippen molar-refractivity contribution in [2.75, 3.05) is 13.1 Å². The van der Waals surface area contributed by atoms with Gasteiger partial charge in [-0.05, 0) is 23.9 Å². The smallest absolute Gasteiger partial charge is 0.241 e. The summed E-state index contributed by atoms with van der Waals surface area (Å²) in [5.74, 6) is -0.0907. The molecule has 16 heavy (non-hydrogen) atoms. The lowest BCUT2D eigenvalue weighted by Gasteiger charge is -2.12. The zero-order chi connectivity index (χ0) is 11.1. The molecule has 0 aromatic carbocycles. The van der Waals surface area contributed by atoms with Crippen LogP contribution in [0.5, 0.6) is 0 Å². The van der Waals surface area contributed by atoms with Crippen LogP contribution in [0.15, 0.2) is 6.33 Å². The van der Waals surface area contributed by atoms with E-state index in [1.54, 1.807) is 0 Å². The number of rotatable bonds is 6. The Morgan fingerprint density at radius 2 is 2.31 bits per heavy atom. The maximum atomic E-state index is 11.4. The van der Waals surface area contributed by atoms with Crippen LogP contribution in [0.2, 0.25) is 0 Å². The van der Waals surface area contributed by atoms with Gasteiger partial charge in [-0.2, -0.15) is 0 Å². The molecule has 2 N–H and O–H groups in total. The molecule has 92 valence electrons. The van der Waals surface area contributed by atoms with Crippen molar-refractivity contribution < 1.29 is 4.79 Å². The molecule has 7 nitrogen and oxygen atoms in total. The van der Waals surface area contributed by atoms with Gasteiger partial charge in [-0.3, -0.25) is 4.79 Å². The first-order valence-corrected chi connectivity index (χ1v) is 4.93. The van der Waals surface area contributed by atoms with Gasteiger partial charge in [0.05, 0.1) is 0 Å². The molecule has 0 bridgehead atoms. The maximum absolute atomic E-state index is 11.4. The molecule has 1 rings (SSSR count). The number of halogens is 1. The number of nitrogens with zero attached hydrogens (tertiary/aromatic N) is 4. The highest BCUT2D eigenvalue weighted by molar-refractivity contribution is 5.85. The normalized spacial score (nSPS) is 11.6. The number of tetrazole rings is 1. The van der Waals surface area contributed by atoms with Crippen molar-refractivity contribution in [2.24, 2.45) is 0 Å². The minimum absolute atomic E-state index is 0. The molecule has 0 spiro atoms. The predicted octanol–water partition coefficient (Wildman–Crippen LogP) is -0.791. The van der Waals surface area contributed by atoms with Gasteiger partial charge >= 0.3 is 0 Å². The fraction of sp³-hybridized carbons (Fsp3) is 0.750.